The molecule has 2 rings (SSSR count). The molecule has 0 saturated carbocycles. The molecule has 0 nitrogen and oxygen atoms in total. The monoisotopic (exact) mass is 394 g/mol. The molecule has 0 aliphatic rings. The minimum atomic E-state index is -0.266. The molecule has 114 valence electrons. The number of halogens is 1. The zero-order valence-electron chi connectivity index (χ0n) is 14.0. The Morgan fingerprint density at radius 1 is 0.524 bits per heavy atom. The fourth-order valence-corrected chi connectivity index (χ4v) is 4.51. The summed E-state index contributed by atoms with van der Waals surface area (Å²) in [6.07, 6.45) is 0. The van der Waals surface area contributed by atoms with E-state index < -0.39 is 0 Å². The molecular formula is C20H27I. The number of hydrogen-bond acceptors (Lipinski definition) is 0. The molecule has 0 aliphatic carbocycles. The molecule has 0 unspecified atom stereocenters. The van der Waals surface area contributed by atoms with E-state index in [1.165, 1.54) is 18.3 Å². The maximum atomic E-state index is 2.32. The van der Waals surface area contributed by atoms with Crippen LogP contribution in [0.2, 0.25) is 0 Å². The predicted octanol–water partition coefficient (Wildman–Crippen LogP) is 6.02. The van der Waals surface area contributed by atoms with E-state index in [-0.39, 0.29) is 32.0 Å². The van der Waals surface area contributed by atoms with E-state index in [0.717, 1.165) is 0 Å². The van der Waals surface area contributed by atoms with Crippen LogP contribution in [0.4, 0.5) is 0 Å². The van der Waals surface area contributed by atoms with Crippen LogP contribution in [0.5, 0.6) is 0 Å². The van der Waals surface area contributed by atoms with Crippen LogP contribution in [-0.4, -0.2) is 0 Å². The standard InChI is InChI=1S/C20H27I/c1-19(2,3)15-7-11-17(12-8-15)21-18-13-9-16(10-14-18)20(4,5)6/h7-14,21H,1-6H3. The number of rotatable bonds is 2. The van der Waals surface area contributed by atoms with Gasteiger partial charge in [0.25, 0.3) is 0 Å². The van der Waals surface area contributed by atoms with Gasteiger partial charge >= 0.3 is 140 Å². The summed E-state index contributed by atoms with van der Waals surface area (Å²) >= 11 is -0.266. The summed E-state index contributed by atoms with van der Waals surface area (Å²) in [6, 6.07) is 18.5. The Morgan fingerprint density at radius 2 is 0.810 bits per heavy atom. The van der Waals surface area contributed by atoms with Crippen LogP contribution in [0.25, 0.3) is 0 Å². The van der Waals surface area contributed by atoms with Gasteiger partial charge in [0.1, 0.15) is 0 Å². The second-order valence-corrected chi connectivity index (χ2v) is 10.9. The van der Waals surface area contributed by atoms with E-state index in [9.17, 15) is 0 Å². The molecule has 0 aliphatic heterocycles. The summed E-state index contributed by atoms with van der Waals surface area (Å²) in [5, 5.41) is 0. The van der Waals surface area contributed by atoms with Gasteiger partial charge in [-0.3, -0.25) is 0 Å². The Balaban J connectivity index is 2.12. The van der Waals surface area contributed by atoms with Crippen molar-refractivity contribution in [2.75, 3.05) is 0 Å². The zero-order chi connectivity index (χ0) is 15.7. The van der Waals surface area contributed by atoms with E-state index in [1.54, 1.807) is 0 Å². The molecule has 1 heteroatoms. The fourth-order valence-electron chi connectivity index (χ4n) is 2.18. The van der Waals surface area contributed by atoms with Gasteiger partial charge in [-0.15, -0.1) is 0 Å². The van der Waals surface area contributed by atoms with Gasteiger partial charge in [0, 0.05) is 0 Å². The van der Waals surface area contributed by atoms with Gasteiger partial charge in [0.05, 0.1) is 0 Å². The third kappa shape index (κ3) is 4.57. The zero-order valence-corrected chi connectivity index (χ0v) is 16.4. The van der Waals surface area contributed by atoms with Gasteiger partial charge in [-0.1, -0.05) is 0 Å². The van der Waals surface area contributed by atoms with Crippen molar-refractivity contribution in [3.8, 4) is 0 Å². The molecule has 0 spiro atoms. The van der Waals surface area contributed by atoms with Gasteiger partial charge < -0.3 is 0 Å². The molecule has 21 heavy (non-hydrogen) atoms. The van der Waals surface area contributed by atoms with Crippen LogP contribution in [0.15, 0.2) is 48.5 Å². The van der Waals surface area contributed by atoms with Crippen molar-refractivity contribution in [2.24, 2.45) is 0 Å². The molecule has 0 aromatic heterocycles. The molecule has 0 heterocycles. The predicted molar refractivity (Wildman–Crippen MR) is 103 cm³/mol. The van der Waals surface area contributed by atoms with Gasteiger partial charge in [-0.25, -0.2) is 0 Å². The van der Waals surface area contributed by atoms with Crippen molar-refractivity contribution in [3.63, 3.8) is 0 Å². The first-order valence-corrected chi connectivity index (χ1v) is 9.88. The maximum absolute atomic E-state index is 2.32. The van der Waals surface area contributed by atoms with Crippen molar-refractivity contribution in [1.82, 2.24) is 0 Å². The molecule has 0 fully saturated rings. The van der Waals surface area contributed by atoms with E-state index >= 15 is 0 Å². The SMILES string of the molecule is CC(C)(C)c1ccc([IH]c2ccc(C(C)(C)C)cc2)cc1. The van der Waals surface area contributed by atoms with Crippen LogP contribution >= 0.6 is 21.2 Å². The molecule has 0 saturated heterocycles. The first kappa shape index (κ1) is 16.5. The molecule has 0 N–H and O–H groups in total. The fraction of sp³-hybridized carbons (Fsp3) is 0.400. The molecule has 2 aromatic carbocycles. The van der Waals surface area contributed by atoms with Crippen molar-refractivity contribution in [1.29, 1.82) is 0 Å². The van der Waals surface area contributed by atoms with Gasteiger partial charge in [-0.05, 0) is 0 Å². The second kappa shape index (κ2) is 6.12. The number of benzene rings is 2. The average Bonchev–Trinajstić information content (AvgIpc) is 2.38. The van der Waals surface area contributed by atoms with Crippen molar-refractivity contribution >= 4 is 21.2 Å². The number of hydrogen-bond donors (Lipinski definition) is 0. The first-order chi connectivity index (χ1) is 9.66. The third-order valence-corrected chi connectivity index (χ3v) is 6.58. The summed E-state index contributed by atoms with van der Waals surface area (Å²) < 4.78 is 3.02. The van der Waals surface area contributed by atoms with Crippen LogP contribution in [0.1, 0.15) is 52.7 Å². The summed E-state index contributed by atoms with van der Waals surface area (Å²) in [5.41, 5.74) is 3.32. The summed E-state index contributed by atoms with van der Waals surface area (Å²) in [4.78, 5) is 0. The molecule has 0 radical (unpaired) electrons. The Kier molecular flexibility index (Phi) is 4.82. The minimum absolute atomic E-state index is 0.243. The molecular weight excluding hydrogens is 367 g/mol. The van der Waals surface area contributed by atoms with Crippen LogP contribution in [0.3, 0.4) is 0 Å². The Labute approximate surface area is 140 Å². The third-order valence-electron chi connectivity index (χ3n) is 3.68. The van der Waals surface area contributed by atoms with Gasteiger partial charge in [0.2, 0.25) is 0 Å². The second-order valence-electron chi connectivity index (χ2n) is 7.65. The summed E-state index contributed by atoms with van der Waals surface area (Å²) in [6.45, 7) is 13.6. The molecule has 0 amide bonds. The molecule has 2 aromatic rings. The summed E-state index contributed by atoms with van der Waals surface area (Å²) in [5.74, 6) is 0. The van der Waals surface area contributed by atoms with Crippen LogP contribution in [-0.2, 0) is 10.8 Å². The van der Waals surface area contributed by atoms with E-state index in [0.29, 0.717) is 0 Å². The van der Waals surface area contributed by atoms with Gasteiger partial charge in [0.15, 0.2) is 0 Å². The van der Waals surface area contributed by atoms with Crippen molar-refractivity contribution < 1.29 is 0 Å². The van der Waals surface area contributed by atoms with Crippen LogP contribution < -0.4 is 0 Å². The summed E-state index contributed by atoms with van der Waals surface area (Å²) in [7, 11) is 0. The van der Waals surface area contributed by atoms with E-state index in [1.807, 2.05) is 0 Å². The molecule has 0 bridgehead atoms. The quantitative estimate of drug-likeness (QED) is 0.546. The first-order valence-electron chi connectivity index (χ1n) is 7.55. The topological polar surface area (TPSA) is 0 Å². The average molecular weight is 394 g/mol. The Hall–Kier alpha value is -0.830. The normalized spacial score (nSPS) is 12.7. The molecule has 0 atom stereocenters. The Bertz CT molecular complexity index is 522. The van der Waals surface area contributed by atoms with Crippen LogP contribution in [0, 0.1) is 7.14 Å². The van der Waals surface area contributed by atoms with E-state index in [4.69, 9.17) is 0 Å². The van der Waals surface area contributed by atoms with Crippen molar-refractivity contribution in [3.05, 3.63) is 66.8 Å². The van der Waals surface area contributed by atoms with Gasteiger partial charge in [-0.2, -0.15) is 0 Å². The van der Waals surface area contributed by atoms with E-state index in [2.05, 4.69) is 90.1 Å². The van der Waals surface area contributed by atoms with Crippen molar-refractivity contribution in [2.45, 2.75) is 52.4 Å². The Morgan fingerprint density at radius 3 is 1.05 bits per heavy atom.